The number of rotatable bonds is 7. The molecule has 110 valence electrons. The molecule has 2 rings (SSSR count). The van der Waals surface area contributed by atoms with Crippen molar-refractivity contribution in [3.05, 3.63) is 23.3 Å². The Kier molecular flexibility index (Phi) is 5.98. The molecule has 2 aromatic rings. The maximum absolute atomic E-state index is 5.72. The van der Waals surface area contributed by atoms with Crippen LogP contribution in [0.4, 0.5) is 0 Å². The van der Waals surface area contributed by atoms with Crippen LogP contribution in [0.5, 0.6) is 0 Å². The lowest BCUT2D eigenvalue weighted by molar-refractivity contribution is 0.673. The molecule has 0 fully saturated rings. The molecule has 4 radical (unpaired) electrons. The molecule has 8 heteroatoms. The Morgan fingerprint density at radius 3 is 1.73 bits per heavy atom. The molecule has 2 heterocycles. The lowest BCUT2D eigenvalue weighted by Crippen LogP contribution is -2.20. The molecule has 0 saturated carbocycles. The number of aromatic nitrogens is 6. The summed E-state index contributed by atoms with van der Waals surface area (Å²) in [5, 5.41) is 0. The third kappa shape index (κ3) is 5.16. The quantitative estimate of drug-likeness (QED) is 0.504. The van der Waals surface area contributed by atoms with E-state index in [0.29, 0.717) is 11.5 Å². The second-order valence-corrected chi connectivity index (χ2v) is 5.14. The third-order valence-corrected chi connectivity index (χ3v) is 3.08. The molecule has 0 saturated heterocycles. The molecule has 0 aliphatic heterocycles. The topological polar surface area (TPSA) is 77.3 Å². The predicted molar refractivity (Wildman–Crippen MR) is 85.8 cm³/mol. The minimum absolute atomic E-state index is 0.275. The van der Waals surface area contributed by atoms with Crippen LogP contribution >= 0.6 is 0 Å². The van der Waals surface area contributed by atoms with Crippen LogP contribution in [0.3, 0.4) is 0 Å². The van der Waals surface area contributed by atoms with Crippen molar-refractivity contribution in [1.29, 1.82) is 0 Å². The van der Waals surface area contributed by atoms with Gasteiger partial charge in [-0.15, -0.1) is 0 Å². The molecule has 2 aromatic heterocycles. The van der Waals surface area contributed by atoms with Crippen molar-refractivity contribution in [3.63, 3.8) is 0 Å². The normalized spacial score (nSPS) is 10.8. The van der Waals surface area contributed by atoms with E-state index in [4.69, 9.17) is 15.7 Å². The zero-order valence-electron chi connectivity index (χ0n) is 13.1. The zero-order chi connectivity index (χ0) is 15.9. The summed E-state index contributed by atoms with van der Waals surface area (Å²) in [5.74, 6) is 2.90. The Labute approximate surface area is 133 Å². The van der Waals surface area contributed by atoms with Gasteiger partial charge in [0.05, 0.1) is 11.4 Å². The Morgan fingerprint density at radius 1 is 0.682 bits per heavy atom. The summed E-state index contributed by atoms with van der Waals surface area (Å²) in [5.41, 5.74) is 0.575. The van der Waals surface area contributed by atoms with Crippen molar-refractivity contribution in [2.24, 2.45) is 0 Å². The van der Waals surface area contributed by atoms with Crippen LogP contribution in [0, 0.1) is 6.92 Å². The second-order valence-electron chi connectivity index (χ2n) is 5.14. The van der Waals surface area contributed by atoms with Crippen LogP contribution in [0.1, 0.15) is 49.5 Å². The average Bonchev–Trinajstić information content (AvgIpc) is 2.42. The third-order valence-electron chi connectivity index (χ3n) is 3.08. The van der Waals surface area contributed by atoms with E-state index in [1.165, 1.54) is 0 Å². The SMILES string of the molecule is [B]c1nc(C)nc(CCCCc2nc([B])nc(CCC)n2)n1. The van der Waals surface area contributed by atoms with E-state index in [2.05, 4.69) is 36.8 Å². The van der Waals surface area contributed by atoms with Gasteiger partial charge in [0.1, 0.15) is 23.3 Å². The molecule has 0 atom stereocenters. The summed E-state index contributed by atoms with van der Waals surface area (Å²) in [7, 11) is 11.3. The number of hydrogen-bond acceptors (Lipinski definition) is 6. The maximum atomic E-state index is 5.72. The smallest absolute Gasteiger partial charge is 0.170 e. The van der Waals surface area contributed by atoms with E-state index in [1.807, 2.05) is 6.92 Å². The first-order valence-corrected chi connectivity index (χ1v) is 7.53. The lowest BCUT2D eigenvalue weighted by atomic mass is 10.1. The summed E-state index contributed by atoms with van der Waals surface area (Å²) >= 11 is 0. The number of unbranched alkanes of at least 4 members (excludes halogenated alkanes) is 1. The minimum Gasteiger partial charge on any atom is -0.231 e. The van der Waals surface area contributed by atoms with Crippen molar-refractivity contribution >= 4 is 27.1 Å². The van der Waals surface area contributed by atoms with E-state index < -0.39 is 0 Å². The number of aryl methyl sites for hydroxylation is 4. The van der Waals surface area contributed by atoms with Crippen LogP contribution in [-0.2, 0) is 19.3 Å². The van der Waals surface area contributed by atoms with Crippen molar-refractivity contribution in [2.45, 2.75) is 52.4 Å². The van der Waals surface area contributed by atoms with Crippen LogP contribution in [-0.4, -0.2) is 45.6 Å². The fourth-order valence-corrected chi connectivity index (χ4v) is 2.17. The van der Waals surface area contributed by atoms with Crippen molar-refractivity contribution in [1.82, 2.24) is 29.9 Å². The molecular formula is C14H18B2N6. The van der Waals surface area contributed by atoms with Gasteiger partial charge in [-0.2, -0.15) is 0 Å². The molecule has 0 aliphatic rings. The molecule has 0 unspecified atom stereocenters. The van der Waals surface area contributed by atoms with Crippen LogP contribution in [0.25, 0.3) is 0 Å². The number of nitrogens with zero attached hydrogens (tertiary/aromatic N) is 6. The van der Waals surface area contributed by atoms with Gasteiger partial charge in [0, 0.05) is 19.3 Å². The Bertz CT molecular complexity index is 614. The van der Waals surface area contributed by atoms with Gasteiger partial charge in [0.15, 0.2) is 15.7 Å². The first-order valence-electron chi connectivity index (χ1n) is 7.53. The van der Waals surface area contributed by atoms with Gasteiger partial charge in [-0.3, -0.25) is 0 Å². The Morgan fingerprint density at radius 2 is 1.18 bits per heavy atom. The highest BCUT2D eigenvalue weighted by atomic mass is 15.0. The monoisotopic (exact) mass is 292 g/mol. The summed E-state index contributed by atoms with van der Waals surface area (Å²) in [6, 6.07) is 0. The molecule has 0 spiro atoms. The highest BCUT2D eigenvalue weighted by molar-refractivity contribution is 6.29. The molecule has 6 nitrogen and oxygen atoms in total. The minimum atomic E-state index is 0.275. The Hall–Kier alpha value is -1.85. The van der Waals surface area contributed by atoms with E-state index in [1.54, 1.807) is 0 Å². The summed E-state index contributed by atoms with van der Waals surface area (Å²) in [4.78, 5) is 25.1. The fourth-order valence-electron chi connectivity index (χ4n) is 2.17. The van der Waals surface area contributed by atoms with Crippen molar-refractivity contribution in [3.8, 4) is 0 Å². The molecular weight excluding hydrogens is 274 g/mol. The largest absolute Gasteiger partial charge is 0.231 e. The average molecular weight is 292 g/mol. The molecule has 0 N–H and O–H groups in total. The first kappa shape index (κ1) is 16.5. The van der Waals surface area contributed by atoms with Gasteiger partial charge in [0.2, 0.25) is 0 Å². The van der Waals surface area contributed by atoms with Gasteiger partial charge < -0.3 is 0 Å². The molecule has 0 bridgehead atoms. The number of hydrogen-bond donors (Lipinski definition) is 0. The standard InChI is InChI=1S/C14H18B2N6/c1-3-6-10-19-12(22-14(16)20-10)8-5-4-7-11-17-9(2)18-13(15)21-11/h3-8H2,1-2H3. The fraction of sp³-hybridized carbons (Fsp3) is 0.571. The van der Waals surface area contributed by atoms with Crippen molar-refractivity contribution in [2.75, 3.05) is 0 Å². The summed E-state index contributed by atoms with van der Waals surface area (Å²) in [6.07, 6.45) is 5.20. The Balaban J connectivity index is 1.86. The first-order chi connectivity index (χ1) is 10.6. The van der Waals surface area contributed by atoms with Crippen molar-refractivity contribution < 1.29 is 0 Å². The molecule has 0 aromatic carbocycles. The molecule has 22 heavy (non-hydrogen) atoms. The van der Waals surface area contributed by atoms with Crippen LogP contribution in [0.2, 0.25) is 0 Å². The van der Waals surface area contributed by atoms with E-state index in [-0.39, 0.29) is 5.72 Å². The van der Waals surface area contributed by atoms with E-state index in [9.17, 15) is 0 Å². The van der Waals surface area contributed by atoms with Gasteiger partial charge >= 0.3 is 0 Å². The van der Waals surface area contributed by atoms with Crippen LogP contribution < -0.4 is 11.4 Å². The maximum Gasteiger partial charge on any atom is 0.170 e. The highest BCUT2D eigenvalue weighted by Crippen LogP contribution is 2.03. The molecule has 0 amide bonds. The second kappa shape index (κ2) is 7.96. The highest BCUT2D eigenvalue weighted by Gasteiger charge is 2.05. The van der Waals surface area contributed by atoms with Gasteiger partial charge in [-0.1, -0.05) is 6.92 Å². The van der Waals surface area contributed by atoms with E-state index >= 15 is 0 Å². The van der Waals surface area contributed by atoms with Gasteiger partial charge in [-0.25, -0.2) is 29.9 Å². The lowest BCUT2D eigenvalue weighted by Gasteiger charge is -2.05. The zero-order valence-corrected chi connectivity index (χ0v) is 13.1. The van der Waals surface area contributed by atoms with Gasteiger partial charge in [-0.05, 0) is 26.2 Å². The van der Waals surface area contributed by atoms with Crippen LogP contribution in [0.15, 0.2) is 0 Å². The van der Waals surface area contributed by atoms with Gasteiger partial charge in [0.25, 0.3) is 0 Å². The predicted octanol–water partition coefficient (Wildman–Crippen LogP) is -0.529. The molecule has 0 aliphatic carbocycles. The summed E-state index contributed by atoms with van der Waals surface area (Å²) < 4.78 is 0. The summed E-state index contributed by atoms with van der Waals surface area (Å²) in [6.45, 7) is 3.90. The van der Waals surface area contributed by atoms with E-state index in [0.717, 1.165) is 56.0 Å².